The Morgan fingerprint density at radius 2 is 2.04 bits per heavy atom. The number of anilines is 1. The van der Waals surface area contributed by atoms with Crippen molar-refractivity contribution in [2.75, 3.05) is 12.4 Å². The van der Waals surface area contributed by atoms with E-state index in [4.69, 9.17) is 4.74 Å². The third kappa shape index (κ3) is 4.19. The summed E-state index contributed by atoms with van der Waals surface area (Å²) in [7, 11) is -2.37. The zero-order valence-electron chi connectivity index (χ0n) is 14.6. The van der Waals surface area contributed by atoms with Crippen molar-refractivity contribution in [2.24, 2.45) is 0 Å². The molecule has 1 saturated carbocycles. The van der Waals surface area contributed by atoms with Crippen LogP contribution >= 0.6 is 11.3 Å². The third-order valence-corrected chi connectivity index (χ3v) is 6.45. The summed E-state index contributed by atoms with van der Waals surface area (Å²) in [5.41, 5.74) is 0.197. The summed E-state index contributed by atoms with van der Waals surface area (Å²) in [6.07, 6.45) is 1.63. The summed E-state index contributed by atoms with van der Waals surface area (Å²) in [6.45, 7) is 3.97. The molecule has 0 unspecified atom stereocenters. The predicted octanol–water partition coefficient (Wildman–Crippen LogP) is 2.36. The van der Waals surface area contributed by atoms with Gasteiger partial charge >= 0.3 is 0 Å². The molecule has 1 aliphatic rings. The van der Waals surface area contributed by atoms with Crippen molar-refractivity contribution in [3.8, 4) is 5.75 Å². The summed E-state index contributed by atoms with van der Waals surface area (Å²) in [6, 6.07) is 4.24. The van der Waals surface area contributed by atoms with E-state index in [2.05, 4.69) is 20.2 Å². The Hall–Kier alpha value is -2.04. The van der Waals surface area contributed by atoms with Crippen LogP contribution in [0.3, 0.4) is 0 Å². The van der Waals surface area contributed by atoms with Crippen molar-refractivity contribution < 1.29 is 17.9 Å². The Morgan fingerprint density at radius 3 is 2.62 bits per heavy atom. The van der Waals surface area contributed by atoms with E-state index in [-0.39, 0.29) is 28.2 Å². The number of carbonyl (C=O) groups is 1. The molecule has 8 nitrogen and oxygen atoms in total. The van der Waals surface area contributed by atoms with E-state index in [9.17, 15) is 13.2 Å². The van der Waals surface area contributed by atoms with E-state index in [0.717, 1.165) is 17.8 Å². The number of carbonyl (C=O) groups excluding carboxylic acids is 1. The van der Waals surface area contributed by atoms with Gasteiger partial charge in [0, 0.05) is 17.5 Å². The number of amides is 1. The molecule has 1 fully saturated rings. The van der Waals surface area contributed by atoms with Crippen molar-refractivity contribution >= 4 is 32.4 Å². The second-order valence-corrected chi connectivity index (χ2v) is 9.01. The lowest BCUT2D eigenvalue weighted by Crippen LogP contribution is -2.26. The van der Waals surface area contributed by atoms with Gasteiger partial charge in [0.25, 0.3) is 5.91 Å². The highest BCUT2D eigenvalue weighted by atomic mass is 32.2. The highest BCUT2D eigenvalue weighted by molar-refractivity contribution is 7.89. The summed E-state index contributed by atoms with van der Waals surface area (Å²) in [4.78, 5) is 12.4. The Balaban J connectivity index is 1.85. The lowest BCUT2D eigenvalue weighted by Gasteiger charge is -2.12. The summed E-state index contributed by atoms with van der Waals surface area (Å²) >= 11 is 1.29. The molecule has 140 valence electrons. The van der Waals surface area contributed by atoms with Gasteiger partial charge in [0.2, 0.25) is 15.2 Å². The van der Waals surface area contributed by atoms with Crippen LogP contribution in [0.5, 0.6) is 5.75 Å². The van der Waals surface area contributed by atoms with Crippen LogP contribution in [-0.2, 0) is 10.0 Å². The Kier molecular flexibility index (Phi) is 5.26. The maximum atomic E-state index is 12.5. The average Bonchev–Trinajstić information content (AvgIpc) is 3.27. The second kappa shape index (κ2) is 7.29. The standard InChI is InChI=1S/C16H20N4O4S2/c1-9(2)15-18-19-16(25-15)17-14(21)10-4-7-12(24-3)13(8-10)26(22,23)20-11-5-6-11/h4,7-9,11,20H,5-6H2,1-3H3,(H,17,19,21). The number of nitrogens with one attached hydrogen (secondary N) is 2. The van der Waals surface area contributed by atoms with Gasteiger partial charge < -0.3 is 4.74 Å². The molecule has 0 saturated heterocycles. The minimum Gasteiger partial charge on any atom is -0.495 e. The molecular weight excluding hydrogens is 376 g/mol. The number of aromatic nitrogens is 2. The smallest absolute Gasteiger partial charge is 0.257 e. The maximum absolute atomic E-state index is 12.5. The predicted molar refractivity (Wildman–Crippen MR) is 98.3 cm³/mol. The molecule has 10 heteroatoms. The fourth-order valence-corrected chi connectivity index (χ4v) is 4.44. The van der Waals surface area contributed by atoms with Gasteiger partial charge in [0.05, 0.1) is 7.11 Å². The summed E-state index contributed by atoms with van der Waals surface area (Å²) in [5, 5.41) is 11.8. The van der Waals surface area contributed by atoms with Gasteiger partial charge in [-0.1, -0.05) is 25.2 Å². The van der Waals surface area contributed by atoms with Crippen LogP contribution in [0.4, 0.5) is 5.13 Å². The monoisotopic (exact) mass is 396 g/mol. The number of nitrogens with zero attached hydrogens (tertiary/aromatic N) is 2. The number of benzene rings is 1. The maximum Gasteiger partial charge on any atom is 0.257 e. The Morgan fingerprint density at radius 1 is 1.31 bits per heavy atom. The van der Waals surface area contributed by atoms with E-state index in [1.165, 1.54) is 36.6 Å². The van der Waals surface area contributed by atoms with Crippen molar-refractivity contribution in [1.82, 2.24) is 14.9 Å². The molecule has 0 atom stereocenters. The van der Waals surface area contributed by atoms with Gasteiger partial charge in [-0.2, -0.15) is 0 Å². The van der Waals surface area contributed by atoms with Gasteiger partial charge in [-0.25, -0.2) is 13.1 Å². The average molecular weight is 396 g/mol. The molecule has 1 aromatic heterocycles. The molecule has 2 aromatic rings. The van der Waals surface area contributed by atoms with Gasteiger partial charge in [-0.05, 0) is 31.0 Å². The van der Waals surface area contributed by atoms with Crippen molar-refractivity contribution in [3.05, 3.63) is 28.8 Å². The van der Waals surface area contributed by atoms with Gasteiger partial charge in [-0.3, -0.25) is 10.1 Å². The zero-order valence-corrected chi connectivity index (χ0v) is 16.3. The molecule has 2 N–H and O–H groups in total. The summed E-state index contributed by atoms with van der Waals surface area (Å²) < 4.78 is 32.8. The van der Waals surface area contributed by atoms with E-state index in [1.807, 2.05) is 13.8 Å². The molecule has 3 rings (SSSR count). The first-order chi connectivity index (χ1) is 12.3. The highest BCUT2D eigenvalue weighted by Gasteiger charge is 2.30. The molecule has 1 aromatic carbocycles. The van der Waals surface area contributed by atoms with Gasteiger partial charge in [-0.15, -0.1) is 10.2 Å². The topological polar surface area (TPSA) is 110 Å². The van der Waals surface area contributed by atoms with E-state index >= 15 is 0 Å². The molecule has 0 bridgehead atoms. The van der Waals surface area contributed by atoms with Crippen LogP contribution in [0, 0.1) is 0 Å². The fourth-order valence-electron chi connectivity index (χ4n) is 2.20. The zero-order chi connectivity index (χ0) is 18.9. The number of hydrogen-bond acceptors (Lipinski definition) is 7. The van der Waals surface area contributed by atoms with Crippen molar-refractivity contribution in [2.45, 2.75) is 43.5 Å². The number of sulfonamides is 1. The molecular formula is C16H20N4O4S2. The lowest BCUT2D eigenvalue weighted by atomic mass is 10.2. The number of hydrogen-bond donors (Lipinski definition) is 2. The number of ether oxygens (including phenoxy) is 1. The van der Waals surface area contributed by atoms with E-state index in [0.29, 0.717) is 5.13 Å². The molecule has 0 spiro atoms. The first kappa shape index (κ1) is 18.7. The van der Waals surface area contributed by atoms with Gasteiger partial charge in [0.1, 0.15) is 15.7 Å². The van der Waals surface area contributed by atoms with Crippen molar-refractivity contribution in [1.29, 1.82) is 0 Å². The molecule has 1 amide bonds. The molecule has 0 aliphatic heterocycles. The van der Waals surface area contributed by atoms with E-state index in [1.54, 1.807) is 0 Å². The summed E-state index contributed by atoms with van der Waals surface area (Å²) in [5.74, 6) is -0.0564. The van der Waals surface area contributed by atoms with Crippen molar-refractivity contribution in [3.63, 3.8) is 0 Å². The first-order valence-corrected chi connectivity index (χ1v) is 10.4. The van der Waals surface area contributed by atoms with Crippen LogP contribution in [0.2, 0.25) is 0 Å². The normalized spacial score (nSPS) is 14.5. The Bertz CT molecular complexity index is 920. The second-order valence-electron chi connectivity index (χ2n) is 6.32. The molecule has 0 radical (unpaired) electrons. The van der Waals surface area contributed by atoms with Crippen LogP contribution in [-0.4, -0.2) is 37.7 Å². The number of methoxy groups -OCH3 is 1. The Labute approximate surface area is 156 Å². The van der Waals surface area contributed by atoms with Crippen LogP contribution in [0.1, 0.15) is 48.0 Å². The van der Waals surface area contributed by atoms with Crippen LogP contribution < -0.4 is 14.8 Å². The largest absolute Gasteiger partial charge is 0.495 e. The molecule has 26 heavy (non-hydrogen) atoms. The fraction of sp³-hybridized carbons (Fsp3) is 0.438. The third-order valence-electron chi connectivity index (χ3n) is 3.77. The first-order valence-electron chi connectivity index (χ1n) is 8.15. The SMILES string of the molecule is COc1ccc(C(=O)Nc2nnc(C(C)C)s2)cc1S(=O)(=O)NC1CC1. The lowest BCUT2D eigenvalue weighted by molar-refractivity contribution is 0.102. The van der Waals surface area contributed by atoms with Crippen LogP contribution in [0.15, 0.2) is 23.1 Å². The van der Waals surface area contributed by atoms with Gasteiger partial charge in [0.15, 0.2) is 0 Å². The quantitative estimate of drug-likeness (QED) is 0.743. The minimum absolute atomic E-state index is 0.0435. The van der Waals surface area contributed by atoms with Crippen LogP contribution in [0.25, 0.3) is 0 Å². The number of rotatable bonds is 7. The molecule has 1 aliphatic carbocycles. The van der Waals surface area contributed by atoms with E-state index < -0.39 is 15.9 Å². The molecule has 1 heterocycles. The highest BCUT2D eigenvalue weighted by Crippen LogP contribution is 2.29. The minimum atomic E-state index is -3.76.